The number of methoxy groups -OCH3 is 1. The van der Waals surface area contributed by atoms with E-state index in [0.717, 1.165) is 12.8 Å². The summed E-state index contributed by atoms with van der Waals surface area (Å²) in [6, 6.07) is 4.50. The second-order valence-electron chi connectivity index (χ2n) is 4.05. The van der Waals surface area contributed by atoms with Crippen molar-refractivity contribution in [2.75, 3.05) is 19.0 Å². The summed E-state index contributed by atoms with van der Waals surface area (Å²) >= 11 is 0. The monoisotopic (exact) mass is 238 g/mol. The molecule has 4 nitrogen and oxygen atoms in total. The molecule has 5 heteroatoms. The minimum atomic E-state index is -0.393. The number of carbonyl (C=O) groups excluding carboxylic acids is 1. The van der Waals surface area contributed by atoms with Gasteiger partial charge < -0.3 is 15.4 Å². The predicted molar refractivity (Wildman–Crippen MR) is 62.6 cm³/mol. The molecule has 1 aliphatic rings. The molecular weight excluding hydrogens is 223 g/mol. The Bertz CT molecular complexity index is 419. The molecule has 1 saturated carbocycles. The van der Waals surface area contributed by atoms with Crippen molar-refractivity contribution in [2.24, 2.45) is 0 Å². The van der Waals surface area contributed by atoms with Crippen LogP contribution in [0.25, 0.3) is 0 Å². The average molecular weight is 238 g/mol. The molecule has 2 rings (SSSR count). The maximum atomic E-state index is 12.9. The number of anilines is 1. The van der Waals surface area contributed by atoms with Gasteiger partial charge in [0.05, 0.1) is 19.3 Å². The van der Waals surface area contributed by atoms with Crippen LogP contribution in [0.1, 0.15) is 12.8 Å². The standard InChI is InChI=1S/C12H15FN2O2/c1-17-11-6-8(13)2-5-10(11)15-12(16)7-14-9-3-4-9/h2,5-6,9,14H,3-4,7H2,1H3,(H,15,16). The van der Waals surface area contributed by atoms with E-state index in [1.54, 1.807) is 0 Å². The van der Waals surface area contributed by atoms with Crippen LogP contribution in [0.3, 0.4) is 0 Å². The topological polar surface area (TPSA) is 50.4 Å². The number of carbonyl (C=O) groups is 1. The van der Waals surface area contributed by atoms with E-state index in [9.17, 15) is 9.18 Å². The molecule has 0 aliphatic heterocycles. The van der Waals surface area contributed by atoms with Crippen LogP contribution in [0, 0.1) is 5.82 Å². The largest absolute Gasteiger partial charge is 0.494 e. The molecule has 0 unspecified atom stereocenters. The van der Waals surface area contributed by atoms with Gasteiger partial charge in [-0.15, -0.1) is 0 Å². The lowest BCUT2D eigenvalue weighted by atomic mass is 10.3. The Morgan fingerprint density at radius 2 is 2.29 bits per heavy atom. The first-order chi connectivity index (χ1) is 8.19. The highest BCUT2D eigenvalue weighted by Crippen LogP contribution is 2.24. The van der Waals surface area contributed by atoms with Gasteiger partial charge in [-0.05, 0) is 25.0 Å². The number of hydrogen-bond acceptors (Lipinski definition) is 3. The van der Waals surface area contributed by atoms with Crippen LogP contribution in [-0.2, 0) is 4.79 Å². The highest BCUT2D eigenvalue weighted by atomic mass is 19.1. The fourth-order valence-electron chi connectivity index (χ4n) is 1.49. The molecule has 0 heterocycles. The first-order valence-corrected chi connectivity index (χ1v) is 5.56. The van der Waals surface area contributed by atoms with Crippen LogP contribution < -0.4 is 15.4 Å². The summed E-state index contributed by atoms with van der Waals surface area (Å²) in [4.78, 5) is 11.6. The summed E-state index contributed by atoms with van der Waals surface area (Å²) in [7, 11) is 1.44. The summed E-state index contributed by atoms with van der Waals surface area (Å²) in [5, 5.41) is 5.78. The van der Waals surface area contributed by atoms with Crippen molar-refractivity contribution in [1.29, 1.82) is 0 Å². The molecule has 0 radical (unpaired) electrons. The van der Waals surface area contributed by atoms with Crippen molar-refractivity contribution in [2.45, 2.75) is 18.9 Å². The number of amides is 1. The molecule has 2 N–H and O–H groups in total. The van der Waals surface area contributed by atoms with Crippen molar-refractivity contribution < 1.29 is 13.9 Å². The Hall–Kier alpha value is -1.62. The first-order valence-electron chi connectivity index (χ1n) is 5.56. The van der Waals surface area contributed by atoms with Crippen LogP contribution in [0.4, 0.5) is 10.1 Å². The van der Waals surface area contributed by atoms with Crippen LogP contribution in [0.5, 0.6) is 5.75 Å². The van der Waals surface area contributed by atoms with Crippen LogP contribution >= 0.6 is 0 Å². The normalized spacial score (nSPS) is 14.5. The quantitative estimate of drug-likeness (QED) is 0.817. The molecule has 1 aromatic carbocycles. The molecule has 1 amide bonds. The van der Waals surface area contributed by atoms with Crippen molar-refractivity contribution in [3.8, 4) is 5.75 Å². The lowest BCUT2D eigenvalue weighted by molar-refractivity contribution is -0.115. The van der Waals surface area contributed by atoms with Crippen LogP contribution in [0.15, 0.2) is 18.2 Å². The Morgan fingerprint density at radius 1 is 1.53 bits per heavy atom. The first kappa shape index (κ1) is 11.9. The Balaban J connectivity index is 1.93. The summed E-state index contributed by atoms with van der Waals surface area (Å²) in [5.74, 6) is -0.220. The highest BCUT2D eigenvalue weighted by molar-refractivity contribution is 5.93. The molecule has 0 aromatic heterocycles. The van der Waals surface area contributed by atoms with Gasteiger partial charge in [0.25, 0.3) is 0 Å². The molecule has 0 saturated heterocycles. The molecular formula is C12H15FN2O2. The lowest BCUT2D eigenvalue weighted by Crippen LogP contribution is -2.29. The Labute approximate surface area is 99.2 Å². The summed E-state index contributed by atoms with van der Waals surface area (Å²) in [5.41, 5.74) is 0.483. The zero-order valence-electron chi connectivity index (χ0n) is 9.63. The minimum Gasteiger partial charge on any atom is -0.494 e. The maximum absolute atomic E-state index is 12.9. The van der Waals surface area contributed by atoms with Crippen LogP contribution in [0.2, 0.25) is 0 Å². The number of ether oxygens (including phenoxy) is 1. The van der Waals surface area contributed by atoms with Crippen molar-refractivity contribution >= 4 is 11.6 Å². The van der Waals surface area contributed by atoms with Crippen molar-refractivity contribution in [3.05, 3.63) is 24.0 Å². The van der Waals surface area contributed by atoms with Gasteiger partial charge in [0.1, 0.15) is 11.6 Å². The third-order valence-corrected chi connectivity index (χ3v) is 2.57. The Morgan fingerprint density at radius 3 is 2.94 bits per heavy atom. The van der Waals surface area contributed by atoms with E-state index in [-0.39, 0.29) is 12.5 Å². The molecule has 0 atom stereocenters. The molecule has 0 spiro atoms. The van der Waals surface area contributed by atoms with E-state index in [0.29, 0.717) is 17.5 Å². The Kier molecular flexibility index (Phi) is 3.58. The summed E-state index contributed by atoms with van der Waals surface area (Å²) < 4.78 is 17.9. The highest BCUT2D eigenvalue weighted by Gasteiger charge is 2.21. The summed E-state index contributed by atoms with van der Waals surface area (Å²) in [6.45, 7) is 0.269. The lowest BCUT2D eigenvalue weighted by Gasteiger charge is -2.10. The second kappa shape index (κ2) is 5.14. The van der Waals surface area contributed by atoms with Crippen molar-refractivity contribution in [1.82, 2.24) is 5.32 Å². The zero-order valence-corrected chi connectivity index (χ0v) is 9.63. The number of rotatable bonds is 5. The van der Waals surface area contributed by atoms with Gasteiger partial charge in [0, 0.05) is 12.1 Å². The molecule has 17 heavy (non-hydrogen) atoms. The average Bonchev–Trinajstić information content (AvgIpc) is 3.12. The molecule has 1 aliphatic carbocycles. The van der Waals surface area contributed by atoms with Crippen molar-refractivity contribution in [3.63, 3.8) is 0 Å². The van der Waals surface area contributed by atoms with Gasteiger partial charge in [0.15, 0.2) is 0 Å². The maximum Gasteiger partial charge on any atom is 0.238 e. The van der Waals surface area contributed by atoms with Gasteiger partial charge in [-0.25, -0.2) is 4.39 Å². The molecule has 1 aromatic rings. The van der Waals surface area contributed by atoms with Gasteiger partial charge >= 0.3 is 0 Å². The number of nitrogens with one attached hydrogen (secondary N) is 2. The van der Waals surface area contributed by atoms with Gasteiger partial charge in [0.2, 0.25) is 5.91 Å². The van der Waals surface area contributed by atoms with Crippen LogP contribution in [-0.4, -0.2) is 25.6 Å². The van der Waals surface area contributed by atoms with E-state index in [2.05, 4.69) is 10.6 Å². The zero-order chi connectivity index (χ0) is 12.3. The molecule has 0 bridgehead atoms. The SMILES string of the molecule is COc1cc(F)ccc1NC(=O)CNC1CC1. The van der Waals surface area contributed by atoms with E-state index in [1.807, 2.05) is 0 Å². The second-order valence-corrected chi connectivity index (χ2v) is 4.05. The van der Waals surface area contributed by atoms with E-state index in [4.69, 9.17) is 4.74 Å². The van der Waals surface area contributed by atoms with E-state index < -0.39 is 5.82 Å². The molecule has 1 fully saturated rings. The number of hydrogen-bond donors (Lipinski definition) is 2. The van der Waals surface area contributed by atoms with Gasteiger partial charge in [-0.2, -0.15) is 0 Å². The minimum absolute atomic E-state index is 0.151. The fraction of sp³-hybridized carbons (Fsp3) is 0.417. The number of halogens is 1. The molecule has 92 valence electrons. The predicted octanol–water partition coefficient (Wildman–Crippen LogP) is 1.52. The van der Waals surface area contributed by atoms with E-state index >= 15 is 0 Å². The fourth-order valence-corrected chi connectivity index (χ4v) is 1.49. The van der Waals surface area contributed by atoms with Gasteiger partial charge in [-0.1, -0.05) is 0 Å². The number of benzene rings is 1. The smallest absolute Gasteiger partial charge is 0.238 e. The van der Waals surface area contributed by atoms with Gasteiger partial charge in [-0.3, -0.25) is 4.79 Å². The third kappa shape index (κ3) is 3.42. The summed E-state index contributed by atoms with van der Waals surface area (Å²) in [6.07, 6.45) is 2.26. The third-order valence-electron chi connectivity index (χ3n) is 2.57. The van der Waals surface area contributed by atoms with E-state index in [1.165, 1.54) is 25.3 Å².